The summed E-state index contributed by atoms with van der Waals surface area (Å²) in [6, 6.07) is 18.0. The SMILES string of the molecule is COc1cccc(CN2C[C@H]3[C@@H](C2)c2ccccc2[C@@H]3N(C)C)c1. The van der Waals surface area contributed by atoms with Crippen molar-refractivity contribution in [1.82, 2.24) is 9.80 Å². The molecule has 1 saturated heterocycles. The van der Waals surface area contributed by atoms with Crippen LogP contribution in [0.1, 0.15) is 28.7 Å². The van der Waals surface area contributed by atoms with Gasteiger partial charge in [-0.25, -0.2) is 0 Å². The van der Waals surface area contributed by atoms with Gasteiger partial charge in [0.15, 0.2) is 0 Å². The van der Waals surface area contributed by atoms with Crippen LogP contribution in [0.4, 0.5) is 0 Å². The normalized spacial score (nSPS) is 25.8. The van der Waals surface area contributed by atoms with Gasteiger partial charge in [0, 0.05) is 31.6 Å². The number of fused-ring (bicyclic) bond motifs is 3. The quantitative estimate of drug-likeness (QED) is 0.856. The van der Waals surface area contributed by atoms with E-state index in [-0.39, 0.29) is 0 Å². The van der Waals surface area contributed by atoms with Crippen molar-refractivity contribution in [3.8, 4) is 5.75 Å². The van der Waals surface area contributed by atoms with Crippen LogP contribution in [0.3, 0.4) is 0 Å². The first-order chi connectivity index (χ1) is 11.7. The van der Waals surface area contributed by atoms with E-state index in [4.69, 9.17) is 4.74 Å². The van der Waals surface area contributed by atoms with Crippen LogP contribution in [0.5, 0.6) is 5.75 Å². The highest BCUT2D eigenvalue weighted by atomic mass is 16.5. The zero-order valence-corrected chi connectivity index (χ0v) is 14.8. The zero-order chi connectivity index (χ0) is 16.7. The van der Waals surface area contributed by atoms with E-state index in [1.54, 1.807) is 18.2 Å². The lowest BCUT2D eigenvalue weighted by molar-refractivity contribution is 0.212. The Kier molecular flexibility index (Phi) is 4.07. The van der Waals surface area contributed by atoms with Gasteiger partial charge in [-0.2, -0.15) is 0 Å². The number of likely N-dealkylation sites (tertiary alicyclic amines) is 1. The topological polar surface area (TPSA) is 15.7 Å². The van der Waals surface area contributed by atoms with Crippen LogP contribution in [0, 0.1) is 5.92 Å². The Morgan fingerprint density at radius 3 is 2.58 bits per heavy atom. The standard InChI is InChI=1S/C21H26N2O/c1-22(2)21-18-10-5-4-9-17(18)19-13-23(14-20(19)21)12-15-7-6-8-16(11-15)24-3/h4-11,19-21H,12-14H2,1-3H3/t19-,20-,21-/m0/s1. The van der Waals surface area contributed by atoms with Crippen molar-refractivity contribution < 1.29 is 4.74 Å². The summed E-state index contributed by atoms with van der Waals surface area (Å²) in [6.07, 6.45) is 0. The second kappa shape index (κ2) is 6.23. The molecule has 1 heterocycles. The highest BCUT2D eigenvalue weighted by Gasteiger charge is 2.46. The van der Waals surface area contributed by atoms with Crippen LogP contribution in [0.25, 0.3) is 0 Å². The molecular weight excluding hydrogens is 296 g/mol. The van der Waals surface area contributed by atoms with Crippen LogP contribution in [0.15, 0.2) is 48.5 Å². The minimum Gasteiger partial charge on any atom is -0.497 e. The Morgan fingerprint density at radius 1 is 1.04 bits per heavy atom. The third kappa shape index (κ3) is 2.62. The first-order valence-corrected chi connectivity index (χ1v) is 8.78. The first kappa shape index (κ1) is 15.7. The second-order valence-corrected chi connectivity index (χ2v) is 7.35. The Balaban J connectivity index is 1.56. The molecule has 0 bridgehead atoms. The molecule has 0 aromatic heterocycles. The summed E-state index contributed by atoms with van der Waals surface area (Å²) in [7, 11) is 6.17. The van der Waals surface area contributed by atoms with E-state index in [0.717, 1.165) is 18.8 Å². The molecular formula is C21H26N2O. The number of hydrogen-bond donors (Lipinski definition) is 0. The maximum atomic E-state index is 5.36. The summed E-state index contributed by atoms with van der Waals surface area (Å²) in [5.74, 6) is 2.31. The van der Waals surface area contributed by atoms with E-state index in [0.29, 0.717) is 17.9 Å². The highest BCUT2D eigenvalue weighted by molar-refractivity contribution is 5.41. The Labute approximate surface area is 144 Å². The largest absolute Gasteiger partial charge is 0.497 e. The molecule has 3 heteroatoms. The van der Waals surface area contributed by atoms with Gasteiger partial charge in [-0.3, -0.25) is 4.90 Å². The number of methoxy groups -OCH3 is 1. The average Bonchev–Trinajstić information content (AvgIpc) is 3.11. The lowest BCUT2D eigenvalue weighted by Crippen LogP contribution is -2.28. The Bertz CT molecular complexity index is 727. The molecule has 1 fully saturated rings. The molecule has 0 spiro atoms. The molecule has 1 aliphatic carbocycles. The van der Waals surface area contributed by atoms with Gasteiger partial charge < -0.3 is 9.64 Å². The van der Waals surface area contributed by atoms with Crippen molar-refractivity contribution in [3.05, 3.63) is 65.2 Å². The molecule has 0 amide bonds. The Morgan fingerprint density at radius 2 is 1.83 bits per heavy atom. The maximum Gasteiger partial charge on any atom is 0.119 e. The molecule has 0 radical (unpaired) electrons. The number of rotatable bonds is 4. The fraction of sp³-hybridized carbons (Fsp3) is 0.429. The predicted molar refractivity (Wildman–Crippen MR) is 97.4 cm³/mol. The van der Waals surface area contributed by atoms with Crippen LogP contribution in [-0.4, -0.2) is 44.1 Å². The van der Waals surface area contributed by atoms with E-state index in [2.05, 4.69) is 66.4 Å². The third-order valence-corrected chi connectivity index (χ3v) is 5.66. The van der Waals surface area contributed by atoms with Crippen molar-refractivity contribution in [3.63, 3.8) is 0 Å². The molecule has 126 valence electrons. The number of benzene rings is 2. The second-order valence-electron chi connectivity index (χ2n) is 7.35. The molecule has 1 aliphatic heterocycles. The fourth-order valence-electron chi connectivity index (χ4n) is 4.73. The van der Waals surface area contributed by atoms with Gasteiger partial charge in [0.25, 0.3) is 0 Å². The van der Waals surface area contributed by atoms with E-state index in [9.17, 15) is 0 Å². The average molecular weight is 322 g/mol. The minimum absolute atomic E-state index is 0.543. The Hall–Kier alpha value is -1.84. The van der Waals surface area contributed by atoms with Crippen LogP contribution in [0.2, 0.25) is 0 Å². The van der Waals surface area contributed by atoms with Crippen molar-refractivity contribution in [2.45, 2.75) is 18.5 Å². The molecule has 0 saturated carbocycles. The molecule has 24 heavy (non-hydrogen) atoms. The molecule has 4 rings (SSSR count). The van der Waals surface area contributed by atoms with Gasteiger partial charge in [0.1, 0.15) is 5.75 Å². The van der Waals surface area contributed by atoms with Crippen molar-refractivity contribution in [2.24, 2.45) is 5.92 Å². The summed E-state index contributed by atoms with van der Waals surface area (Å²) in [5.41, 5.74) is 4.44. The molecule has 2 aromatic rings. The zero-order valence-electron chi connectivity index (χ0n) is 14.8. The number of hydrogen-bond acceptors (Lipinski definition) is 3. The monoisotopic (exact) mass is 322 g/mol. The number of nitrogens with zero attached hydrogens (tertiary/aromatic N) is 2. The minimum atomic E-state index is 0.543. The van der Waals surface area contributed by atoms with Gasteiger partial charge in [-0.1, -0.05) is 36.4 Å². The molecule has 3 nitrogen and oxygen atoms in total. The summed E-state index contributed by atoms with van der Waals surface area (Å²) in [5, 5.41) is 0. The van der Waals surface area contributed by atoms with E-state index < -0.39 is 0 Å². The highest BCUT2D eigenvalue weighted by Crippen LogP contribution is 2.51. The molecule has 3 atom stereocenters. The van der Waals surface area contributed by atoms with E-state index in [1.807, 2.05) is 6.07 Å². The summed E-state index contributed by atoms with van der Waals surface area (Å²) >= 11 is 0. The number of ether oxygens (including phenoxy) is 1. The molecule has 2 aliphatic rings. The van der Waals surface area contributed by atoms with Gasteiger partial charge in [0.05, 0.1) is 7.11 Å². The molecule has 0 N–H and O–H groups in total. The van der Waals surface area contributed by atoms with Crippen LogP contribution in [-0.2, 0) is 6.54 Å². The predicted octanol–water partition coefficient (Wildman–Crippen LogP) is 3.53. The fourth-order valence-corrected chi connectivity index (χ4v) is 4.73. The van der Waals surface area contributed by atoms with Crippen molar-refractivity contribution in [2.75, 3.05) is 34.3 Å². The van der Waals surface area contributed by atoms with Crippen molar-refractivity contribution >= 4 is 0 Å². The smallest absolute Gasteiger partial charge is 0.119 e. The summed E-state index contributed by atoms with van der Waals surface area (Å²) in [4.78, 5) is 5.01. The first-order valence-electron chi connectivity index (χ1n) is 8.78. The lowest BCUT2D eigenvalue weighted by atomic mass is 9.94. The van der Waals surface area contributed by atoms with Gasteiger partial charge >= 0.3 is 0 Å². The van der Waals surface area contributed by atoms with Crippen molar-refractivity contribution in [1.29, 1.82) is 0 Å². The molecule has 0 unspecified atom stereocenters. The van der Waals surface area contributed by atoms with Crippen LogP contribution >= 0.6 is 0 Å². The summed E-state index contributed by atoms with van der Waals surface area (Å²) < 4.78 is 5.36. The maximum absolute atomic E-state index is 5.36. The molecule has 2 aromatic carbocycles. The van der Waals surface area contributed by atoms with E-state index >= 15 is 0 Å². The lowest BCUT2D eigenvalue weighted by Gasteiger charge is -2.27. The summed E-state index contributed by atoms with van der Waals surface area (Å²) in [6.45, 7) is 3.33. The van der Waals surface area contributed by atoms with Gasteiger partial charge in [-0.15, -0.1) is 0 Å². The van der Waals surface area contributed by atoms with Gasteiger partial charge in [-0.05, 0) is 48.8 Å². The third-order valence-electron chi connectivity index (χ3n) is 5.66. The van der Waals surface area contributed by atoms with Crippen LogP contribution < -0.4 is 4.74 Å². The van der Waals surface area contributed by atoms with E-state index in [1.165, 1.54) is 12.1 Å². The van der Waals surface area contributed by atoms with Gasteiger partial charge in [0.2, 0.25) is 0 Å².